The van der Waals surface area contributed by atoms with Gasteiger partial charge in [-0.05, 0) is 42.3 Å². The summed E-state index contributed by atoms with van der Waals surface area (Å²) in [4.78, 5) is 4.79. The summed E-state index contributed by atoms with van der Waals surface area (Å²) in [6, 6.07) is 19.5. The van der Waals surface area contributed by atoms with Crippen LogP contribution in [0, 0.1) is 12.7 Å². The second-order valence-electron chi connectivity index (χ2n) is 7.05. The van der Waals surface area contributed by atoms with E-state index in [1.54, 1.807) is 11.8 Å². The van der Waals surface area contributed by atoms with Crippen molar-refractivity contribution in [2.24, 2.45) is 4.99 Å². The second-order valence-corrected chi connectivity index (χ2v) is 8.08. The number of ether oxygens (including phenoxy) is 1. The van der Waals surface area contributed by atoms with Crippen molar-refractivity contribution in [1.82, 2.24) is 4.57 Å². The van der Waals surface area contributed by atoms with Gasteiger partial charge in [0.2, 0.25) is 5.90 Å². The minimum Gasteiger partial charge on any atom is -0.474 e. The summed E-state index contributed by atoms with van der Waals surface area (Å²) in [6.45, 7) is 3.52. The number of hydrogen-bond donors (Lipinski definition) is 0. The molecular formula is C23H23FN2OS. The van der Waals surface area contributed by atoms with Gasteiger partial charge in [-0.1, -0.05) is 42.0 Å². The normalized spacial score (nSPS) is 16.1. The van der Waals surface area contributed by atoms with Crippen LogP contribution >= 0.6 is 11.8 Å². The molecule has 4 rings (SSSR count). The highest BCUT2D eigenvalue weighted by Gasteiger charge is 2.22. The number of aliphatic imine (C=N–C) groups is 1. The van der Waals surface area contributed by atoms with E-state index in [0.717, 1.165) is 35.2 Å². The van der Waals surface area contributed by atoms with E-state index in [2.05, 4.69) is 48.0 Å². The predicted molar refractivity (Wildman–Crippen MR) is 114 cm³/mol. The highest BCUT2D eigenvalue weighted by Crippen LogP contribution is 2.20. The molecule has 1 atom stereocenters. The molecule has 0 amide bonds. The predicted octanol–water partition coefficient (Wildman–Crippen LogP) is 5.06. The molecule has 28 heavy (non-hydrogen) atoms. The summed E-state index contributed by atoms with van der Waals surface area (Å²) in [7, 11) is 0. The van der Waals surface area contributed by atoms with Crippen LogP contribution in [0.25, 0.3) is 0 Å². The molecule has 0 saturated carbocycles. The first-order valence-electron chi connectivity index (χ1n) is 9.41. The topological polar surface area (TPSA) is 26.5 Å². The van der Waals surface area contributed by atoms with E-state index in [1.807, 2.05) is 18.2 Å². The minimum absolute atomic E-state index is 0.155. The monoisotopic (exact) mass is 394 g/mol. The van der Waals surface area contributed by atoms with Crippen LogP contribution in [0.2, 0.25) is 0 Å². The van der Waals surface area contributed by atoms with Crippen molar-refractivity contribution in [1.29, 1.82) is 0 Å². The maximum absolute atomic E-state index is 13.0. The third-order valence-electron chi connectivity index (χ3n) is 4.69. The van der Waals surface area contributed by atoms with Crippen LogP contribution in [0.15, 0.2) is 71.9 Å². The number of halogens is 1. The van der Waals surface area contributed by atoms with E-state index in [9.17, 15) is 4.39 Å². The number of hydrogen-bond acceptors (Lipinski definition) is 3. The fourth-order valence-corrected chi connectivity index (χ4v) is 4.28. The van der Waals surface area contributed by atoms with Crippen LogP contribution in [-0.4, -0.2) is 28.9 Å². The molecule has 2 heterocycles. The fraction of sp³-hybridized carbons (Fsp3) is 0.261. The van der Waals surface area contributed by atoms with Gasteiger partial charge in [-0.3, -0.25) is 0 Å². The summed E-state index contributed by atoms with van der Waals surface area (Å²) in [6.07, 6.45) is 2.07. The molecule has 0 radical (unpaired) electrons. The van der Waals surface area contributed by atoms with Gasteiger partial charge in [-0.2, -0.15) is 11.8 Å². The largest absolute Gasteiger partial charge is 0.474 e. The van der Waals surface area contributed by atoms with Gasteiger partial charge < -0.3 is 9.30 Å². The van der Waals surface area contributed by atoms with E-state index in [4.69, 9.17) is 9.73 Å². The number of nitrogens with zero attached hydrogens (tertiary/aromatic N) is 2. The maximum Gasteiger partial charge on any atom is 0.233 e. The average molecular weight is 395 g/mol. The van der Waals surface area contributed by atoms with E-state index in [-0.39, 0.29) is 11.9 Å². The van der Waals surface area contributed by atoms with E-state index >= 15 is 0 Å². The Morgan fingerprint density at radius 1 is 1.11 bits per heavy atom. The lowest BCUT2D eigenvalue weighted by Gasteiger charge is -2.09. The minimum atomic E-state index is -0.194. The van der Waals surface area contributed by atoms with Crippen molar-refractivity contribution in [2.75, 3.05) is 12.4 Å². The summed E-state index contributed by atoms with van der Waals surface area (Å²) in [5.74, 6) is 2.27. The highest BCUT2D eigenvalue weighted by atomic mass is 32.2. The zero-order valence-electron chi connectivity index (χ0n) is 15.8. The Bertz CT molecular complexity index is 965. The summed E-state index contributed by atoms with van der Waals surface area (Å²) < 4.78 is 21.1. The standard InChI is InChI=1S/C23H23FN2OS/c1-17-4-2-5-19(12-17)13-26-11-3-6-22(26)23-25-21(14-27-23)16-28-15-18-7-9-20(24)10-8-18/h2-12,21H,13-16H2,1H3/t21-/m0/s1. The van der Waals surface area contributed by atoms with Gasteiger partial charge in [0.05, 0.1) is 6.04 Å². The Balaban J connectivity index is 1.36. The molecule has 3 aromatic rings. The first kappa shape index (κ1) is 18.8. The van der Waals surface area contributed by atoms with Crippen molar-refractivity contribution < 1.29 is 9.13 Å². The van der Waals surface area contributed by atoms with Gasteiger partial charge in [0, 0.05) is 24.2 Å². The van der Waals surface area contributed by atoms with Crippen molar-refractivity contribution in [2.45, 2.75) is 25.3 Å². The average Bonchev–Trinajstić information content (AvgIpc) is 3.33. The lowest BCUT2D eigenvalue weighted by atomic mass is 10.1. The molecule has 0 fully saturated rings. The lowest BCUT2D eigenvalue weighted by Crippen LogP contribution is -2.11. The fourth-order valence-electron chi connectivity index (χ4n) is 3.29. The first-order chi connectivity index (χ1) is 13.7. The van der Waals surface area contributed by atoms with Gasteiger partial charge in [0.15, 0.2) is 0 Å². The van der Waals surface area contributed by atoms with Gasteiger partial charge in [-0.25, -0.2) is 9.38 Å². The molecule has 0 aliphatic carbocycles. The summed E-state index contributed by atoms with van der Waals surface area (Å²) >= 11 is 1.80. The molecule has 144 valence electrons. The molecule has 2 aromatic carbocycles. The Morgan fingerprint density at radius 2 is 1.96 bits per heavy atom. The van der Waals surface area contributed by atoms with Crippen molar-refractivity contribution in [3.63, 3.8) is 0 Å². The number of benzene rings is 2. The zero-order valence-corrected chi connectivity index (χ0v) is 16.7. The van der Waals surface area contributed by atoms with Gasteiger partial charge in [-0.15, -0.1) is 0 Å². The number of aryl methyl sites for hydroxylation is 1. The van der Waals surface area contributed by atoms with Crippen molar-refractivity contribution in [3.8, 4) is 0 Å². The van der Waals surface area contributed by atoms with E-state index < -0.39 is 0 Å². The van der Waals surface area contributed by atoms with Crippen LogP contribution in [0.1, 0.15) is 22.4 Å². The molecule has 0 bridgehead atoms. The molecule has 0 saturated heterocycles. The van der Waals surface area contributed by atoms with Crippen LogP contribution in [0.4, 0.5) is 4.39 Å². The molecule has 1 aromatic heterocycles. The van der Waals surface area contributed by atoms with Crippen LogP contribution in [0.5, 0.6) is 0 Å². The molecule has 0 N–H and O–H groups in total. The zero-order chi connectivity index (χ0) is 19.3. The van der Waals surface area contributed by atoms with Crippen LogP contribution < -0.4 is 0 Å². The number of aromatic nitrogens is 1. The van der Waals surface area contributed by atoms with Crippen LogP contribution in [0.3, 0.4) is 0 Å². The Morgan fingerprint density at radius 3 is 2.79 bits per heavy atom. The lowest BCUT2D eigenvalue weighted by molar-refractivity contribution is 0.323. The SMILES string of the molecule is Cc1cccc(Cn2cccc2C2=N[C@H](CSCc3ccc(F)cc3)CO2)c1. The van der Waals surface area contributed by atoms with Crippen molar-refractivity contribution >= 4 is 17.7 Å². The highest BCUT2D eigenvalue weighted by molar-refractivity contribution is 7.98. The molecule has 1 aliphatic heterocycles. The van der Waals surface area contributed by atoms with Gasteiger partial charge >= 0.3 is 0 Å². The van der Waals surface area contributed by atoms with E-state index in [1.165, 1.54) is 23.3 Å². The third kappa shape index (κ3) is 4.65. The Hall–Kier alpha value is -2.53. The number of thioether (sulfide) groups is 1. The quantitative estimate of drug-likeness (QED) is 0.560. The molecule has 3 nitrogen and oxygen atoms in total. The molecule has 1 aliphatic rings. The van der Waals surface area contributed by atoms with Gasteiger partial charge in [0.25, 0.3) is 0 Å². The second kappa shape index (κ2) is 8.65. The smallest absolute Gasteiger partial charge is 0.233 e. The molecule has 5 heteroatoms. The Labute approximate surface area is 169 Å². The first-order valence-corrected chi connectivity index (χ1v) is 10.6. The molecule has 0 spiro atoms. The molecular weight excluding hydrogens is 371 g/mol. The van der Waals surface area contributed by atoms with E-state index in [0.29, 0.717) is 6.61 Å². The Kier molecular flexibility index (Phi) is 5.81. The maximum atomic E-state index is 13.0. The third-order valence-corrected chi connectivity index (χ3v) is 5.85. The molecule has 0 unspecified atom stereocenters. The summed E-state index contributed by atoms with van der Waals surface area (Å²) in [5.41, 5.74) is 4.68. The van der Waals surface area contributed by atoms with Crippen molar-refractivity contribution in [3.05, 3.63) is 95.1 Å². The van der Waals surface area contributed by atoms with Crippen LogP contribution in [-0.2, 0) is 17.0 Å². The number of rotatable bonds is 7. The van der Waals surface area contributed by atoms with Gasteiger partial charge in [0.1, 0.15) is 18.1 Å². The summed E-state index contributed by atoms with van der Waals surface area (Å²) in [5, 5.41) is 0.